The number of hydrogen-bond donors (Lipinski definition) is 1. The molecule has 0 amide bonds. The molecule has 0 saturated carbocycles. The van der Waals surface area contributed by atoms with Crippen molar-refractivity contribution in [1.29, 1.82) is 0 Å². The number of ether oxygens (including phenoxy) is 1. The van der Waals surface area contributed by atoms with E-state index in [1.165, 1.54) is 5.69 Å². The Morgan fingerprint density at radius 1 is 1.30 bits per heavy atom. The zero-order valence-corrected chi connectivity index (χ0v) is 12.3. The minimum absolute atomic E-state index is 0.242. The molecule has 3 heterocycles. The second kappa shape index (κ2) is 5.42. The van der Waals surface area contributed by atoms with Crippen LogP contribution in [0.25, 0.3) is 5.65 Å². The first-order valence-electron chi connectivity index (χ1n) is 7.20. The van der Waals surface area contributed by atoms with Crippen LogP contribution in [-0.2, 0) is 11.3 Å². The van der Waals surface area contributed by atoms with Crippen LogP contribution in [0, 0.1) is 0 Å². The number of nitrogens with zero attached hydrogens (tertiary/aromatic N) is 3. The maximum atomic E-state index is 5.82. The van der Waals surface area contributed by atoms with Crippen LogP contribution < -0.4 is 10.2 Å². The molecule has 5 nitrogen and oxygen atoms in total. The van der Waals surface area contributed by atoms with Crippen molar-refractivity contribution in [3.8, 4) is 0 Å². The first-order valence-corrected chi connectivity index (χ1v) is 7.20. The summed E-state index contributed by atoms with van der Waals surface area (Å²) in [6.07, 6.45) is 2.56. The molecule has 108 valence electrons. The lowest BCUT2D eigenvalue weighted by Gasteiger charge is -2.36. The van der Waals surface area contributed by atoms with Crippen LogP contribution in [0.2, 0.25) is 0 Å². The molecule has 5 heteroatoms. The molecule has 2 aromatic heterocycles. The van der Waals surface area contributed by atoms with Gasteiger partial charge in [-0.3, -0.25) is 0 Å². The maximum absolute atomic E-state index is 5.82. The van der Waals surface area contributed by atoms with Gasteiger partial charge in [-0.1, -0.05) is 6.07 Å². The summed E-state index contributed by atoms with van der Waals surface area (Å²) in [7, 11) is 1.97. The van der Waals surface area contributed by atoms with E-state index in [-0.39, 0.29) is 12.2 Å². The van der Waals surface area contributed by atoms with Crippen molar-refractivity contribution in [1.82, 2.24) is 14.7 Å². The number of anilines is 1. The van der Waals surface area contributed by atoms with Gasteiger partial charge in [-0.05, 0) is 33.0 Å². The van der Waals surface area contributed by atoms with Crippen LogP contribution in [-0.4, -0.2) is 41.7 Å². The Balaban J connectivity index is 2.03. The zero-order chi connectivity index (χ0) is 14.1. The van der Waals surface area contributed by atoms with E-state index < -0.39 is 0 Å². The van der Waals surface area contributed by atoms with E-state index >= 15 is 0 Å². The van der Waals surface area contributed by atoms with Crippen LogP contribution in [0.4, 0.5) is 5.82 Å². The van der Waals surface area contributed by atoms with Crippen LogP contribution in [0.1, 0.15) is 19.5 Å². The van der Waals surface area contributed by atoms with Crippen LogP contribution in [0.5, 0.6) is 0 Å². The predicted octanol–water partition coefficient (Wildman–Crippen LogP) is 1.67. The van der Waals surface area contributed by atoms with Crippen molar-refractivity contribution in [2.45, 2.75) is 32.6 Å². The van der Waals surface area contributed by atoms with Gasteiger partial charge in [-0.25, -0.2) is 4.98 Å². The average molecular weight is 274 g/mol. The minimum Gasteiger partial charge on any atom is -0.372 e. The highest BCUT2D eigenvalue weighted by molar-refractivity contribution is 5.56. The van der Waals surface area contributed by atoms with Gasteiger partial charge >= 0.3 is 0 Å². The largest absolute Gasteiger partial charge is 0.372 e. The number of hydrogen-bond acceptors (Lipinski definition) is 4. The molecule has 1 saturated heterocycles. The molecule has 2 aromatic rings. The van der Waals surface area contributed by atoms with Gasteiger partial charge in [-0.15, -0.1) is 0 Å². The third kappa shape index (κ3) is 2.39. The quantitative estimate of drug-likeness (QED) is 0.924. The maximum Gasteiger partial charge on any atom is 0.152 e. The number of morpholine rings is 1. The minimum atomic E-state index is 0.242. The van der Waals surface area contributed by atoms with Crippen LogP contribution in [0.3, 0.4) is 0 Å². The number of nitrogens with one attached hydrogen (secondary N) is 1. The Labute approximate surface area is 119 Å². The van der Waals surface area contributed by atoms with Crippen molar-refractivity contribution in [3.05, 3.63) is 30.1 Å². The molecular formula is C15H22N4O. The molecule has 1 fully saturated rings. The fourth-order valence-electron chi connectivity index (χ4n) is 2.97. The summed E-state index contributed by atoms with van der Waals surface area (Å²) < 4.78 is 7.98. The Morgan fingerprint density at radius 3 is 2.75 bits per heavy atom. The summed E-state index contributed by atoms with van der Waals surface area (Å²) >= 11 is 0. The van der Waals surface area contributed by atoms with E-state index in [1.807, 2.05) is 19.2 Å². The van der Waals surface area contributed by atoms with Crippen molar-refractivity contribution in [3.63, 3.8) is 0 Å². The van der Waals surface area contributed by atoms with Gasteiger partial charge in [0.25, 0.3) is 0 Å². The van der Waals surface area contributed by atoms with Crippen molar-refractivity contribution in [2.75, 3.05) is 25.0 Å². The highest BCUT2D eigenvalue weighted by Gasteiger charge is 2.26. The topological polar surface area (TPSA) is 41.8 Å². The lowest BCUT2D eigenvalue weighted by Crippen LogP contribution is -2.46. The molecule has 0 bridgehead atoms. The Kier molecular flexibility index (Phi) is 3.63. The summed E-state index contributed by atoms with van der Waals surface area (Å²) in [6.45, 7) is 6.84. The SMILES string of the molecule is CNCc1c(N2C[C@@H](C)O[C@@H](C)C2)nc2ccccn12. The van der Waals surface area contributed by atoms with Gasteiger partial charge in [-0.2, -0.15) is 0 Å². The lowest BCUT2D eigenvalue weighted by atomic mass is 10.2. The Hall–Kier alpha value is -1.59. The molecule has 3 rings (SSSR count). The molecule has 0 unspecified atom stereocenters. The number of fused-ring (bicyclic) bond motifs is 1. The van der Waals surface area contributed by atoms with Gasteiger partial charge in [0, 0.05) is 25.8 Å². The lowest BCUT2D eigenvalue weighted by molar-refractivity contribution is -0.00548. The summed E-state index contributed by atoms with van der Waals surface area (Å²) in [5, 5.41) is 3.25. The number of imidazole rings is 1. The Morgan fingerprint density at radius 2 is 2.05 bits per heavy atom. The average Bonchev–Trinajstić information content (AvgIpc) is 2.77. The fraction of sp³-hybridized carbons (Fsp3) is 0.533. The zero-order valence-electron chi connectivity index (χ0n) is 12.3. The van der Waals surface area contributed by atoms with E-state index in [0.29, 0.717) is 0 Å². The summed E-state index contributed by atoms with van der Waals surface area (Å²) in [5.74, 6) is 1.08. The molecule has 0 aromatic carbocycles. The third-order valence-electron chi connectivity index (χ3n) is 3.67. The van der Waals surface area contributed by atoms with Gasteiger partial charge in [0.1, 0.15) is 5.65 Å². The van der Waals surface area contributed by atoms with Crippen molar-refractivity contribution >= 4 is 11.5 Å². The second-order valence-electron chi connectivity index (χ2n) is 5.50. The van der Waals surface area contributed by atoms with Crippen molar-refractivity contribution < 1.29 is 4.74 Å². The predicted molar refractivity (Wildman–Crippen MR) is 80.2 cm³/mol. The third-order valence-corrected chi connectivity index (χ3v) is 3.67. The molecule has 20 heavy (non-hydrogen) atoms. The summed E-state index contributed by atoms with van der Waals surface area (Å²) in [5.41, 5.74) is 2.21. The normalized spacial score (nSPS) is 23.4. The molecule has 1 aliphatic rings. The van der Waals surface area contributed by atoms with Gasteiger partial charge in [0.2, 0.25) is 0 Å². The molecule has 0 aliphatic carbocycles. The van der Waals surface area contributed by atoms with E-state index in [2.05, 4.69) is 40.7 Å². The standard InChI is InChI=1S/C15H22N4O/c1-11-9-18(10-12(2)20-11)15-13(8-16-3)19-7-5-4-6-14(19)17-15/h4-7,11-12,16H,8-10H2,1-3H3/t11-,12+. The molecule has 1 aliphatic heterocycles. The van der Waals surface area contributed by atoms with Gasteiger partial charge in [0.05, 0.1) is 17.9 Å². The summed E-state index contributed by atoms with van der Waals surface area (Å²) in [6, 6.07) is 6.12. The molecular weight excluding hydrogens is 252 g/mol. The number of pyridine rings is 1. The Bertz CT molecular complexity index is 585. The fourth-order valence-corrected chi connectivity index (χ4v) is 2.97. The van der Waals surface area contributed by atoms with E-state index in [9.17, 15) is 0 Å². The second-order valence-corrected chi connectivity index (χ2v) is 5.50. The highest BCUT2D eigenvalue weighted by Crippen LogP contribution is 2.25. The summed E-state index contributed by atoms with van der Waals surface area (Å²) in [4.78, 5) is 7.16. The van der Waals surface area contributed by atoms with E-state index in [1.54, 1.807) is 0 Å². The van der Waals surface area contributed by atoms with Crippen LogP contribution in [0.15, 0.2) is 24.4 Å². The van der Waals surface area contributed by atoms with E-state index in [4.69, 9.17) is 9.72 Å². The molecule has 1 N–H and O–H groups in total. The highest BCUT2D eigenvalue weighted by atomic mass is 16.5. The number of rotatable bonds is 3. The van der Waals surface area contributed by atoms with Gasteiger partial charge in [0.15, 0.2) is 5.82 Å². The first kappa shape index (κ1) is 13.4. The van der Waals surface area contributed by atoms with Gasteiger partial charge < -0.3 is 19.4 Å². The monoisotopic (exact) mass is 274 g/mol. The molecule has 0 spiro atoms. The first-order chi connectivity index (χ1) is 9.69. The van der Waals surface area contributed by atoms with Crippen molar-refractivity contribution in [2.24, 2.45) is 0 Å². The number of aromatic nitrogens is 2. The smallest absolute Gasteiger partial charge is 0.152 e. The molecule has 2 atom stereocenters. The van der Waals surface area contributed by atoms with E-state index in [0.717, 1.165) is 31.1 Å². The molecule has 0 radical (unpaired) electrons. The van der Waals surface area contributed by atoms with Crippen LogP contribution >= 0.6 is 0 Å².